The summed E-state index contributed by atoms with van der Waals surface area (Å²) in [6.45, 7) is 0.633. The normalized spacial score (nSPS) is 10.1. The zero-order chi connectivity index (χ0) is 11.3. The molecule has 0 aliphatic heterocycles. The minimum absolute atomic E-state index is 0.152. The fraction of sp³-hybridized carbons (Fsp3) is 0.300. The van der Waals surface area contributed by atoms with E-state index < -0.39 is 0 Å². The van der Waals surface area contributed by atoms with Crippen LogP contribution >= 0.6 is 23.2 Å². The van der Waals surface area contributed by atoms with Crippen LogP contribution in [0.3, 0.4) is 0 Å². The summed E-state index contributed by atoms with van der Waals surface area (Å²) in [4.78, 5) is 10.8. The Morgan fingerprint density at radius 1 is 1.47 bits per heavy atom. The predicted octanol–water partition coefficient (Wildman–Crippen LogP) is 2.26. The zero-order valence-corrected chi connectivity index (χ0v) is 9.73. The maximum absolute atomic E-state index is 10.8. The molecule has 0 radical (unpaired) electrons. The number of hydrogen-bond acceptors (Lipinski definition) is 3. The van der Waals surface area contributed by atoms with Crippen LogP contribution in [0, 0.1) is 0 Å². The first-order valence-electron chi connectivity index (χ1n) is 4.35. The van der Waals surface area contributed by atoms with Crippen molar-refractivity contribution in [2.24, 2.45) is 0 Å². The Balaban J connectivity index is 2.51. The van der Waals surface area contributed by atoms with Gasteiger partial charge in [-0.25, -0.2) is 0 Å². The van der Waals surface area contributed by atoms with Gasteiger partial charge in [0.2, 0.25) is 0 Å². The number of nitrogens with one attached hydrogen (secondary N) is 1. The second kappa shape index (κ2) is 5.95. The molecular weight excluding hydrogens is 237 g/mol. The standard InChI is InChI=1S/C10H11Cl2NO2/c1-15-9(14)6-13-5-7-3-2-4-8(11)10(7)12/h2-4,13H,5-6H2,1H3. The van der Waals surface area contributed by atoms with Crippen LogP contribution in [-0.4, -0.2) is 19.6 Å². The molecule has 0 aliphatic carbocycles. The molecule has 0 saturated carbocycles. The number of esters is 1. The first kappa shape index (κ1) is 12.3. The van der Waals surface area contributed by atoms with E-state index in [1.54, 1.807) is 6.07 Å². The Morgan fingerprint density at radius 2 is 2.20 bits per heavy atom. The van der Waals surface area contributed by atoms with Crippen LogP contribution in [0.4, 0.5) is 0 Å². The zero-order valence-electron chi connectivity index (χ0n) is 8.22. The maximum atomic E-state index is 10.8. The first-order chi connectivity index (χ1) is 7.15. The fourth-order valence-electron chi connectivity index (χ4n) is 1.06. The third kappa shape index (κ3) is 3.70. The van der Waals surface area contributed by atoms with Gasteiger partial charge in [0.05, 0.1) is 23.7 Å². The van der Waals surface area contributed by atoms with E-state index in [9.17, 15) is 4.79 Å². The van der Waals surface area contributed by atoms with Gasteiger partial charge in [-0.05, 0) is 11.6 Å². The van der Waals surface area contributed by atoms with Gasteiger partial charge in [-0.3, -0.25) is 4.79 Å². The molecule has 1 rings (SSSR count). The second-order valence-electron chi connectivity index (χ2n) is 2.89. The number of ether oxygens (including phenoxy) is 1. The molecule has 82 valence electrons. The number of carbonyl (C=O) groups is 1. The summed E-state index contributed by atoms with van der Waals surface area (Å²) in [7, 11) is 1.34. The Hall–Kier alpha value is -0.770. The molecule has 0 spiro atoms. The molecule has 0 heterocycles. The number of hydrogen-bond donors (Lipinski definition) is 1. The molecule has 0 aromatic heterocycles. The highest BCUT2D eigenvalue weighted by Crippen LogP contribution is 2.25. The highest BCUT2D eigenvalue weighted by Gasteiger charge is 2.04. The highest BCUT2D eigenvalue weighted by atomic mass is 35.5. The third-order valence-corrected chi connectivity index (χ3v) is 2.70. The van der Waals surface area contributed by atoms with Crippen molar-refractivity contribution in [1.82, 2.24) is 5.32 Å². The highest BCUT2D eigenvalue weighted by molar-refractivity contribution is 6.42. The van der Waals surface area contributed by atoms with Gasteiger partial charge in [-0.1, -0.05) is 35.3 Å². The van der Waals surface area contributed by atoms with E-state index in [4.69, 9.17) is 23.2 Å². The summed E-state index contributed by atoms with van der Waals surface area (Å²) in [6, 6.07) is 5.37. The quantitative estimate of drug-likeness (QED) is 0.830. The molecule has 5 heteroatoms. The largest absolute Gasteiger partial charge is 0.468 e. The lowest BCUT2D eigenvalue weighted by Crippen LogP contribution is -2.23. The number of rotatable bonds is 4. The van der Waals surface area contributed by atoms with Gasteiger partial charge in [0.25, 0.3) is 0 Å². The van der Waals surface area contributed by atoms with Crippen molar-refractivity contribution in [2.75, 3.05) is 13.7 Å². The van der Waals surface area contributed by atoms with Gasteiger partial charge in [0.15, 0.2) is 0 Å². The summed E-state index contributed by atoms with van der Waals surface area (Å²) in [6.07, 6.45) is 0. The van der Waals surface area contributed by atoms with Gasteiger partial charge in [0.1, 0.15) is 0 Å². The van der Waals surface area contributed by atoms with Crippen molar-refractivity contribution in [3.05, 3.63) is 33.8 Å². The monoisotopic (exact) mass is 247 g/mol. The molecule has 0 saturated heterocycles. The van der Waals surface area contributed by atoms with Crippen molar-refractivity contribution in [3.63, 3.8) is 0 Å². The molecule has 0 aliphatic rings. The molecule has 0 fully saturated rings. The Kier molecular flexibility index (Phi) is 4.88. The van der Waals surface area contributed by atoms with Crippen LogP contribution in [0.1, 0.15) is 5.56 Å². The smallest absolute Gasteiger partial charge is 0.319 e. The maximum Gasteiger partial charge on any atom is 0.319 e. The molecule has 0 amide bonds. The third-order valence-electron chi connectivity index (χ3n) is 1.84. The average molecular weight is 248 g/mol. The summed E-state index contributed by atoms with van der Waals surface area (Å²) >= 11 is 11.8. The minimum atomic E-state index is -0.312. The van der Waals surface area contributed by atoms with E-state index in [1.165, 1.54) is 7.11 Å². The number of methoxy groups -OCH3 is 1. The fourth-order valence-corrected chi connectivity index (χ4v) is 1.44. The lowest BCUT2D eigenvalue weighted by molar-refractivity contribution is -0.139. The van der Waals surface area contributed by atoms with Gasteiger partial charge in [0, 0.05) is 6.54 Å². The molecule has 0 bridgehead atoms. The van der Waals surface area contributed by atoms with E-state index in [2.05, 4.69) is 10.1 Å². The summed E-state index contributed by atoms with van der Waals surface area (Å²) < 4.78 is 4.48. The molecule has 3 nitrogen and oxygen atoms in total. The van der Waals surface area contributed by atoms with E-state index in [-0.39, 0.29) is 12.5 Å². The van der Waals surface area contributed by atoms with Crippen LogP contribution < -0.4 is 5.32 Å². The molecule has 1 aromatic rings. The lowest BCUT2D eigenvalue weighted by atomic mass is 10.2. The van der Waals surface area contributed by atoms with Crippen molar-refractivity contribution in [1.29, 1.82) is 0 Å². The topological polar surface area (TPSA) is 38.3 Å². The average Bonchev–Trinajstić information content (AvgIpc) is 2.24. The molecule has 0 unspecified atom stereocenters. The van der Waals surface area contributed by atoms with Crippen LogP contribution in [-0.2, 0) is 16.1 Å². The molecule has 0 atom stereocenters. The minimum Gasteiger partial charge on any atom is -0.468 e. The molecule has 1 aromatic carbocycles. The second-order valence-corrected chi connectivity index (χ2v) is 3.68. The summed E-state index contributed by atoms with van der Waals surface area (Å²) in [5, 5.41) is 3.92. The van der Waals surface area contributed by atoms with Crippen molar-refractivity contribution < 1.29 is 9.53 Å². The number of benzene rings is 1. The summed E-state index contributed by atoms with van der Waals surface area (Å²) in [5.41, 5.74) is 0.855. The van der Waals surface area contributed by atoms with Crippen molar-refractivity contribution in [3.8, 4) is 0 Å². The van der Waals surface area contributed by atoms with Crippen LogP contribution in [0.25, 0.3) is 0 Å². The van der Waals surface area contributed by atoms with Crippen LogP contribution in [0.15, 0.2) is 18.2 Å². The van der Waals surface area contributed by atoms with Crippen molar-refractivity contribution in [2.45, 2.75) is 6.54 Å². The predicted molar refractivity (Wildman–Crippen MR) is 60.2 cm³/mol. The summed E-state index contributed by atoms with van der Waals surface area (Å²) in [5.74, 6) is -0.312. The molecule has 15 heavy (non-hydrogen) atoms. The van der Waals surface area contributed by atoms with E-state index in [0.717, 1.165) is 5.56 Å². The van der Waals surface area contributed by atoms with E-state index in [1.807, 2.05) is 12.1 Å². The van der Waals surface area contributed by atoms with Gasteiger partial charge < -0.3 is 10.1 Å². The molecule has 1 N–H and O–H groups in total. The van der Waals surface area contributed by atoms with Crippen molar-refractivity contribution >= 4 is 29.2 Å². The SMILES string of the molecule is COC(=O)CNCc1cccc(Cl)c1Cl. The number of carbonyl (C=O) groups excluding carboxylic acids is 1. The first-order valence-corrected chi connectivity index (χ1v) is 5.11. The Bertz CT molecular complexity index is 355. The number of halogens is 2. The van der Waals surface area contributed by atoms with Gasteiger partial charge in [-0.15, -0.1) is 0 Å². The van der Waals surface area contributed by atoms with Crippen LogP contribution in [0.2, 0.25) is 10.0 Å². The van der Waals surface area contributed by atoms with Crippen LogP contribution in [0.5, 0.6) is 0 Å². The van der Waals surface area contributed by atoms with E-state index in [0.29, 0.717) is 16.6 Å². The Labute approximate surface area is 98.3 Å². The van der Waals surface area contributed by atoms with E-state index >= 15 is 0 Å². The molecular formula is C10H11Cl2NO2. The van der Waals surface area contributed by atoms with Gasteiger partial charge >= 0.3 is 5.97 Å². The Morgan fingerprint density at radius 3 is 2.87 bits per heavy atom. The lowest BCUT2D eigenvalue weighted by Gasteiger charge is -2.06. The van der Waals surface area contributed by atoms with Gasteiger partial charge in [-0.2, -0.15) is 0 Å².